The predicted molar refractivity (Wildman–Crippen MR) is 123 cm³/mol. The molecule has 2 atom stereocenters. The summed E-state index contributed by atoms with van der Waals surface area (Å²) in [6, 6.07) is 15.2. The number of hydrogen-bond donors (Lipinski definition) is 1. The summed E-state index contributed by atoms with van der Waals surface area (Å²) in [5, 5.41) is 3.71. The molecule has 0 aliphatic rings. The van der Waals surface area contributed by atoms with Crippen LogP contribution >= 0.6 is 11.6 Å². The molecule has 0 unspecified atom stereocenters. The highest BCUT2D eigenvalue weighted by atomic mass is 35.5. The molecular weight excluding hydrogens is 396 g/mol. The smallest absolute Gasteiger partial charge is 0.243 e. The van der Waals surface area contributed by atoms with Crippen molar-refractivity contribution in [2.75, 3.05) is 0 Å². The van der Waals surface area contributed by atoms with Crippen LogP contribution in [0, 0.1) is 6.92 Å². The van der Waals surface area contributed by atoms with E-state index in [9.17, 15) is 9.59 Å². The Morgan fingerprint density at radius 2 is 1.80 bits per heavy atom. The molecule has 0 fully saturated rings. The van der Waals surface area contributed by atoms with Gasteiger partial charge in [0.05, 0.1) is 0 Å². The van der Waals surface area contributed by atoms with Crippen LogP contribution in [-0.4, -0.2) is 28.8 Å². The van der Waals surface area contributed by atoms with Crippen molar-refractivity contribution in [2.45, 2.75) is 72.0 Å². The van der Waals surface area contributed by atoms with Crippen LogP contribution in [0.25, 0.3) is 0 Å². The van der Waals surface area contributed by atoms with E-state index < -0.39 is 6.04 Å². The average molecular weight is 429 g/mol. The molecule has 0 radical (unpaired) electrons. The van der Waals surface area contributed by atoms with E-state index >= 15 is 0 Å². The number of amides is 2. The molecule has 0 aromatic heterocycles. The van der Waals surface area contributed by atoms with E-state index in [2.05, 4.69) is 11.4 Å². The number of carbonyl (C=O) groups is 2. The van der Waals surface area contributed by atoms with Crippen molar-refractivity contribution >= 4 is 23.4 Å². The SMILES string of the molecule is CC[C@@H](C)NC(=O)[C@H](CC)N(Cc1cccc(C)c1)C(=O)CCc1ccccc1Cl. The standard InChI is InChI=1S/C25H33ClN2O2/c1-5-19(4)27-25(30)23(6-2)28(17-20-11-9-10-18(3)16-20)24(29)15-14-21-12-7-8-13-22(21)26/h7-13,16,19,23H,5-6,14-15,17H2,1-4H3,(H,27,30)/t19-,23+/m1/s1. The molecule has 2 aromatic rings. The van der Waals surface area contributed by atoms with Crippen LogP contribution in [0.5, 0.6) is 0 Å². The van der Waals surface area contributed by atoms with E-state index in [1.54, 1.807) is 4.90 Å². The van der Waals surface area contributed by atoms with Crippen LogP contribution in [0.3, 0.4) is 0 Å². The molecule has 0 aliphatic carbocycles. The predicted octanol–water partition coefficient (Wildman–Crippen LogP) is 5.30. The number of nitrogens with one attached hydrogen (secondary N) is 1. The lowest BCUT2D eigenvalue weighted by Gasteiger charge is -2.31. The summed E-state index contributed by atoms with van der Waals surface area (Å²) >= 11 is 6.26. The van der Waals surface area contributed by atoms with Crippen LogP contribution < -0.4 is 5.32 Å². The fourth-order valence-corrected chi connectivity index (χ4v) is 3.68. The van der Waals surface area contributed by atoms with E-state index in [-0.39, 0.29) is 17.9 Å². The van der Waals surface area contributed by atoms with Crippen LogP contribution in [0.4, 0.5) is 0 Å². The van der Waals surface area contributed by atoms with Gasteiger partial charge in [-0.05, 0) is 50.3 Å². The molecule has 0 aliphatic heterocycles. The number of carbonyl (C=O) groups excluding carboxylic acids is 2. The Labute approximate surface area is 185 Å². The van der Waals surface area contributed by atoms with Gasteiger partial charge in [0.1, 0.15) is 6.04 Å². The molecule has 5 heteroatoms. The highest BCUT2D eigenvalue weighted by molar-refractivity contribution is 6.31. The third kappa shape index (κ3) is 6.88. The number of benzene rings is 2. The summed E-state index contributed by atoms with van der Waals surface area (Å²) < 4.78 is 0. The van der Waals surface area contributed by atoms with E-state index in [1.807, 2.05) is 70.2 Å². The van der Waals surface area contributed by atoms with Gasteiger partial charge < -0.3 is 10.2 Å². The zero-order chi connectivity index (χ0) is 22.1. The number of hydrogen-bond acceptors (Lipinski definition) is 2. The Bertz CT molecular complexity index is 853. The van der Waals surface area contributed by atoms with Gasteiger partial charge in [-0.25, -0.2) is 0 Å². The maximum absolute atomic E-state index is 13.3. The number of halogens is 1. The van der Waals surface area contributed by atoms with E-state index in [0.717, 1.165) is 23.1 Å². The number of rotatable bonds is 10. The van der Waals surface area contributed by atoms with Crippen LogP contribution in [0.15, 0.2) is 48.5 Å². The summed E-state index contributed by atoms with van der Waals surface area (Å²) in [5.41, 5.74) is 3.10. The fourth-order valence-electron chi connectivity index (χ4n) is 3.45. The quantitative estimate of drug-likeness (QED) is 0.558. The Kier molecular flexibility index (Phi) is 9.38. The second-order valence-electron chi connectivity index (χ2n) is 7.84. The Balaban J connectivity index is 2.23. The first-order chi connectivity index (χ1) is 14.3. The minimum Gasteiger partial charge on any atom is -0.352 e. The zero-order valence-electron chi connectivity index (χ0n) is 18.5. The zero-order valence-corrected chi connectivity index (χ0v) is 19.2. The molecule has 0 saturated carbocycles. The van der Waals surface area contributed by atoms with Crippen LogP contribution in [0.2, 0.25) is 5.02 Å². The Morgan fingerprint density at radius 1 is 1.07 bits per heavy atom. The summed E-state index contributed by atoms with van der Waals surface area (Å²) in [4.78, 5) is 28.0. The molecule has 1 N–H and O–H groups in total. The van der Waals surface area contributed by atoms with E-state index in [1.165, 1.54) is 0 Å². The maximum atomic E-state index is 13.3. The van der Waals surface area contributed by atoms with Gasteiger partial charge in [0.25, 0.3) is 0 Å². The molecule has 0 spiro atoms. The highest BCUT2D eigenvalue weighted by Crippen LogP contribution is 2.19. The lowest BCUT2D eigenvalue weighted by molar-refractivity contribution is -0.141. The van der Waals surface area contributed by atoms with Crippen molar-refractivity contribution in [3.05, 3.63) is 70.2 Å². The number of aryl methyl sites for hydroxylation is 2. The lowest BCUT2D eigenvalue weighted by Crippen LogP contribution is -2.50. The maximum Gasteiger partial charge on any atom is 0.243 e. The second-order valence-corrected chi connectivity index (χ2v) is 8.25. The second kappa shape index (κ2) is 11.8. The average Bonchev–Trinajstić information content (AvgIpc) is 2.72. The molecule has 2 aromatic carbocycles. The van der Waals surface area contributed by atoms with Crippen LogP contribution in [0.1, 0.15) is 56.7 Å². The molecular formula is C25H33ClN2O2. The van der Waals surface area contributed by atoms with Gasteiger partial charge in [-0.3, -0.25) is 9.59 Å². The largest absolute Gasteiger partial charge is 0.352 e. The molecule has 0 heterocycles. The van der Waals surface area contributed by atoms with Gasteiger partial charge in [-0.2, -0.15) is 0 Å². The van der Waals surface area contributed by atoms with Crippen molar-refractivity contribution in [3.8, 4) is 0 Å². The fraction of sp³-hybridized carbons (Fsp3) is 0.440. The van der Waals surface area contributed by atoms with Crippen molar-refractivity contribution in [1.82, 2.24) is 10.2 Å². The van der Waals surface area contributed by atoms with Gasteiger partial charge in [0.15, 0.2) is 0 Å². The first-order valence-electron chi connectivity index (χ1n) is 10.7. The summed E-state index contributed by atoms with van der Waals surface area (Å²) in [6.07, 6.45) is 2.27. The van der Waals surface area contributed by atoms with Crippen molar-refractivity contribution in [2.24, 2.45) is 0 Å². The van der Waals surface area contributed by atoms with Gasteiger partial charge in [-0.1, -0.05) is 73.5 Å². The lowest BCUT2D eigenvalue weighted by atomic mass is 10.0. The minimum atomic E-state index is -0.502. The van der Waals surface area contributed by atoms with E-state index in [0.29, 0.717) is 30.8 Å². The van der Waals surface area contributed by atoms with E-state index in [4.69, 9.17) is 11.6 Å². The molecule has 0 saturated heterocycles. The summed E-state index contributed by atoms with van der Waals surface area (Å²) in [7, 11) is 0. The van der Waals surface area contributed by atoms with Crippen LogP contribution in [-0.2, 0) is 22.6 Å². The summed E-state index contributed by atoms with van der Waals surface area (Å²) in [5.74, 6) is -0.131. The molecule has 0 bridgehead atoms. The Hall–Kier alpha value is -2.33. The minimum absolute atomic E-state index is 0.0393. The summed E-state index contributed by atoms with van der Waals surface area (Å²) in [6.45, 7) is 8.40. The molecule has 30 heavy (non-hydrogen) atoms. The monoisotopic (exact) mass is 428 g/mol. The van der Waals surface area contributed by atoms with Crippen molar-refractivity contribution < 1.29 is 9.59 Å². The Morgan fingerprint density at radius 3 is 2.43 bits per heavy atom. The van der Waals surface area contributed by atoms with Gasteiger partial charge >= 0.3 is 0 Å². The first kappa shape index (κ1) is 23.9. The van der Waals surface area contributed by atoms with Crippen molar-refractivity contribution in [1.29, 1.82) is 0 Å². The molecule has 4 nitrogen and oxygen atoms in total. The topological polar surface area (TPSA) is 49.4 Å². The normalized spacial score (nSPS) is 12.8. The molecule has 2 amide bonds. The van der Waals surface area contributed by atoms with Crippen molar-refractivity contribution in [3.63, 3.8) is 0 Å². The molecule has 162 valence electrons. The molecule has 2 rings (SSSR count). The third-order valence-electron chi connectivity index (χ3n) is 5.39. The van der Waals surface area contributed by atoms with Gasteiger partial charge in [0.2, 0.25) is 11.8 Å². The third-order valence-corrected chi connectivity index (χ3v) is 5.76. The number of nitrogens with zero attached hydrogens (tertiary/aromatic N) is 1. The van der Waals surface area contributed by atoms with Gasteiger partial charge in [0, 0.05) is 24.0 Å². The first-order valence-corrected chi connectivity index (χ1v) is 11.1. The van der Waals surface area contributed by atoms with Gasteiger partial charge in [-0.15, -0.1) is 0 Å². The highest BCUT2D eigenvalue weighted by Gasteiger charge is 2.29.